The SMILES string of the molecule is CC[C@H](C(=O)NCC(C)C)N(Cc1ccc(Cl)c(Cl)c1)C(=O)CN(c1cc(C)cc(C)c1)S(C)(=O)=O. The van der Waals surface area contributed by atoms with Gasteiger partial charge in [-0.3, -0.25) is 13.9 Å². The zero-order valence-corrected chi connectivity index (χ0v) is 24.0. The first-order chi connectivity index (χ1) is 16.7. The fraction of sp³-hybridized carbons (Fsp3) is 0.462. The predicted octanol–water partition coefficient (Wildman–Crippen LogP) is 4.96. The van der Waals surface area contributed by atoms with Crippen molar-refractivity contribution >= 4 is 50.7 Å². The maximum atomic E-state index is 13.7. The monoisotopic (exact) mass is 555 g/mol. The van der Waals surface area contributed by atoms with Gasteiger partial charge < -0.3 is 10.2 Å². The summed E-state index contributed by atoms with van der Waals surface area (Å²) in [6, 6.07) is 9.56. The Morgan fingerprint density at radius 2 is 1.61 bits per heavy atom. The van der Waals surface area contributed by atoms with E-state index in [4.69, 9.17) is 23.2 Å². The van der Waals surface area contributed by atoms with Crippen LogP contribution in [0.5, 0.6) is 0 Å². The number of benzene rings is 2. The Kier molecular flexibility index (Phi) is 10.6. The summed E-state index contributed by atoms with van der Waals surface area (Å²) in [6.07, 6.45) is 1.41. The van der Waals surface area contributed by atoms with E-state index in [0.717, 1.165) is 21.7 Å². The summed E-state index contributed by atoms with van der Waals surface area (Å²) < 4.78 is 26.6. The van der Waals surface area contributed by atoms with Crippen LogP contribution in [0.4, 0.5) is 5.69 Å². The van der Waals surface area contributed by atoms with E-state index >= 15 is 0 Å². The Hall–Kier alpha value is -2.29. The molecule has 2 aromatic carbocycles. The number of halogens is 2. The normalized spacial score (nSPS) is 12.4. The maximum absolute atomic E-state index is 13.7. The van der Waals surface area contributed by atoms with E-state index in [0.29, 0.717) is 34.3 Å². The standard InChI is InChI=1S/C26H35Cl2N3O4S/c1-7-24(26(33)29-14-17(2)3)30(15-20-8-9-22(27)23(28)13-20)25(32)16-31(36(6,34)35)21-11-18(4)10-19(5)12-21/h8-13,17,24H,7,14-16H2,1-6H3,(H,29,33)/t24-/m1/s1. The molecule has 0 aliphatic heterocycles. The topological polar surface area (TPSA) is 86.8 Å². The summed E-state index contributed by atoms with van der Waals surface area (Å²) in [4.78, 5) is 28.2. The van der Waals surface area contributed by atoms with Crippen molar-refractivity contribution in [3.8, 4) is 0 Å². The number of carbonyl (C=O) groups is 2. The molecule has 0 heterocycles. The molecule has 10 heteroatoms. The molecule has 0 bridgehead atoms. The Bertz CT molecular complexity index is 1180. The molecule has 7 nitrogen and oxygen atoms in total. The summed E-state index contributed by atoms with van der Waals surface area (Å²) in [7, 11) is -3.79. The van der Waals surface area contributed by atoms with Gasteiger partial charge in [-0.05, 0) is 67.1 Å². The zero-order valence-electron chi connectivity index (χ0n) is 21.6. The van der Waals surface area contributed by atoms with Crippen LogP contribution < -0.4 is 9.62 Å². The van der Waals surface area contributed by atoms with Crippen LogP contribution in [0.1, 0.15) is 43.9 Å². The highest BCUT2D eigenvalue weighted by molar-refractivity contribution is 7.92. The van der Waals surface area contributed by atoms with Crippen molar-refractivity contribution in [2.45, 2.75) is 53.6 Å². The minimum absolute atomic E-state index is 0.0633. The molecule has 1 N–H and O–H groups in total. The van der Waals surface area contributed by atoms with Crippen molar-refractivity contribution in [3.05, 3.63) is 63.1 Å². The first kappa shape index (κ1) is 29.9. The summed E-state index contributed by atoms with van der Waals surface area (Å²) in [5.41, 5.74) is 2.82. The third kappa shape index (κ3) is 8.39. The van der Waals surface area contributed by atoms with E-state index in [2.05, 4.69) is 5.32 Å². The molecule has 0 aromatic heterocycles. The average molecular weight is 557 g/mol. The molecule has 0 unspecified atom stereocenters. The molecule has 36 heavy (non-hydrogen) atoms. The predicted molar refractivity (Wildman–Crippen MR) is 147 cm³/mol. The van der Waals surface area contributed by atoms with Gasteiger partial charge in [0.25, 0.3) is 0 Å². The number of sulfonamides is 1. The van der Waals surface area contributed by atoms with E-state index < -0.39 is 28.5 Å². The van der Waals surface area contributed by atoms with Crippen molar-refractivity contribution in [1.82, 2.24) is 10.2 Å². The molecule has 2 aromatic rings. The largest absolute Gasteiger partial charge is 0.354 e. The van der Waals surface area contributed by atoms with Gasteiger partial charge in [-0.15, -0.1) is 0 Å². The van der Waals surface area contributed by atoms with Crippen LogP contribution in [0, 0.1) is 19.8 Å². The molecule has 0 saturated heterocycles. The number of hydrogen-bond acceptors (Lipinski definition) is 4. The second kappa shape index (κ2) is 12.8. The number of rotatable bonds is 11. The molecule has 0 fully saturated rings. The fourth-order valence-corrected chi connectivity index (χ4v) is 5.04. The van der Waals surface area contributed by atoms with Gasteiger partial charge in [-0.1, -0.05) is 56.1 Å². The molecule has 0 spiro atoms. The second-order valence-corrected chi connectivity index (χ2v) is 12.2. The lowest BCUT2D eigenvalue weighted by atomic mass is 10.1. The number of amides is 2. The highest BCUT2D eigenvalue weighted by Crippen LogP contribution is 2.25. The van der Waals surface area contributed by atoms with Gasteiger partial charge in [0, 0.05) is 13.1 Å². The molecule has 0 saturated carbocycles. The van der Waals surface area contributed by atoms with Crippen LogP contribution in [0.2, 0.25) is 10.0 Å². The third-order valence-corrected chi connectivity index (χ3v) is 7.46. The van der Waals surface area contributed by atoms with E-state index in [1.54, 1.807) is 30.3 Å². The first-order valence-corrected chi connectivity index (χ1v) is 14.4. The number of aryl methyl sites for hydroxylation is 2. The van der Waals surface area contributed by atoms with Gasteiger partial charge in [0.15, 0.2) is 0 Å². The Morgan fingerprint density at radius 3 is 2.11 bits per heavy atom. The van der Waals surface area contributed by atoms with E-state index in [-0.39, 0.29) is 18.4 Å². The second-order valence-electron chi connectivity index (χ2n) is 9.45. The minimum atomic E-state index is -3.79. The maximum Gasteiger partial charge on any atom is 0.244 e. The van der Waals surface area contributed by atoms with Gasteiger partial charge in [0.1, 0.15) is 12.6 Å². The van der Waals surface area contributed by atoms with Crippen molar-refractivity contribution in [1.29, 1.82) is 0 Å². The number of hydrogen-bond donors (Lipinski definition) is 1. The quantitative estimate of drug-likeness (QED) is 0.424. The smallest absolute Gasteiger partial charge is 0.244 e. The molecule has 2 rings (SSSR count). The van der Waals surface area contributed by atoms with Gasteiger partial charge in [-0.25, -0.2) is 8.42 Å². The van der Waals surface area contributed by atoms with E-state index in [9.17, 15) is 18.0 Å². The Morgan fingerprint density at radius 1 is 1.00 bits per heavy atom. The number of carbonyl (C=O) groups excluding carboxylic acids is 2. The zero-order chi connectivity index (χ0) is 27.2. The lowest BCUT2D eigenvalue weighted by Gasteiger charge is -2.33. The van der Waals surface area contributed by atoms with Crippen LogP contribution in [-0.2, 0) is 26.2 Å². The Balaban J connectivity index is 2.48. The Labute approximate surface area is 224 Å². The molecule has 2 amide bonds. The summed E-state index contributed by atoms with van der Waals surface area (Å²) in [5.74, 6) is -0.565. The van der Waals surface area contributed by atoms with Crippen LogP contribution in [-0.4, -0.2) is 50.5 Å². The first-order valence-electron chi connectivity index (χ1n) is 11.8. The summed E-state index contributed by atoms with van der Waals surface area (Å²) in [6.45, 7) is 9.57. The van der Waals surface area contributed by atoms with E-state index in [1.807, 2.05) is 40.7 Å². The van der Waals surface area contributed by atoms with Gasteiger partial charge in [0.2, 0.25) is 21.8 Å². The van der Waals surface area contributed by atoms with Crippen molar-refractivity contribution < 1.29 is 18.0 Å². The summed E-state index contributed by atoms with van der Waals surface area (Å²) >= 11 is 12.2. The molecule has 0 aliphatic rings. The average Bonchev–Trinajstić information content (AvgIpc) is 2.76. The molecule has 1 atom stereocenters. The van der Waals surface area contributed by atoms with Gasteiger partial charge in [0.05, 0.1) is 22.0 Å². The third-order valence-electron chi connectivity index (χ3n) is 5.58. The number of anilines is 1. The summed E-state index contributed by atoms with van der Waals surface area (Å²) in [5, 5.41) is 3.59. The van der Waals surface area contributed by atoms with Crippen molar-refractivity contribution in [3.63, 3.8) is 0 Å². The molecule has 0 aliphatic carbocycles. The lowest BCUT2D eigenvalue weighted by Crippen LogP contribution is -2.52. The minimum Gasteiger partial charge on any atom is -0.354 e. The molecular weight excluding hydrogens is 521 g/mol. The van der Waals surface area contributed by atoms with Crippen molar-refractivity contribution in [2.75, 3.05) is 23.7 Å². The molecule has 198 valence electrons. The van der Waals surface area contributed by atoms with E-state index in [1.165, 1.54) is 4.90 Å². The molecule has 0 radical (unpaired) electrons. The van der Waals surface area contributed by atoms with Crippen molar-refractivity contribution in [2.24, 2.45) is 5.92 Å². The number of nitrogens with zero attached hydrogens (tertiary/aromatic N) is 2. The van der Waals surface area contributed by atoms with Crippen LogP contribution in [0.15, 0.2) is 36.4 Å². The number of nitrogens with one attached hydrogen (secondary N) is 1. The van der Waals surface area contributed by atoms with Crippen LogP contribution >= 0.6 is 23.2 Å². The molecular formula is C26H35Cl2N3O4S. The van der Waals surface area contributed by atoms with Gasteiger partial charge in [-0.2, -0.15) is 0 Å². The van der Waals surface area contributed by atoms with Crippen LogP contribution in [0.3, 0.4) is 0 Å². The van der Waals surface area contributed by atoms with Gasteiger partial charge >= 0.3 is 0 Å². The lowest BCUT2D eigenvalue weighted by molar-refractivity contribution is -0.140. The highest BCUT2D eigenvalue weighted by Gasteiger charge is 2.32. The highest BCUT2D eigenvalue weighted by atomic mass is 35.5. The van der Waals surface area contributed by atoms with Crippen LogP contribution in [0.25, 0.3) is 0 Å². The fourth-order valence-electron chi connectivity index (χ4n) is 3.89.